The predicted molar refractivity (Wildman–Crippen MR) is 75.9 cm³/mol. The minimum atomic E-state index is -1.13. The second-order valence-electron chi connectivity index (χ2n) is 4.06. The molecule has 9 nitrogen and oxygen atoms in total. The first-order valence-corrected chi connectivity index (χ1v) is 5.47. The number of hydrogen-bond acceptors (Lipinski definition) is 4. The van der Waals surface area contributed by atoms with E-state index in [1.807, 2.05) is 0 Å². The molecule has 0 saturated heterocycles. The van der Waals surface area contributed by atoms with Crippen LogP contribution < -0.4 is 11.1 Å². The van der Waals surface area contributed by atoms with E-state index in [1.54, 1.807) is 12.1 Å². The molecule has 0 radical (unpaired) electrons. The van der Waals surface area contributed by atoms with E-state index >= 15 is 0 Å². The molecule has 2 unspecified atom stereocenters. The van der Waals surface area contributed by atoms with Crippen LogP contribution in [0.2, 0.25) is 0 Å². The van der Waals surface area contributed by atoms with Crippen molar-refractivity contribution in [1.29, 1.82) is 0 Å². The van der Waals surface area contributed by atoms with Crippen molar-refractivity contribution in [2.75, 3.05) is 0 Å². The molecule has 0 aliphatic heterocycles. The highest BCUT2D eigenvalue weighted by Gasteiger charge is 2.21. The molecule has 0 heterocycles. The molecule has 0 aromatic heterocycles. The molecule has 2 atom stereocenters. The maximum absolute atomic E-state index is 11.4. The predicted octanol–water partition coefficient (Wildman–Crippen LogP) is -2.62. The van der Waals surface area contributed by atoms with Crippen LogP contribution in [0.3, 0.4) is 0 Å². The van der Waals surface area contributed by atoms with Crippen molar-refractivity contribution < 1.29 is 36.2 Å². The van der Waals surface area contributed by atoms with Crippen LogP contribution >= 0.6 is 0 Å². The zero-order chi connectivity index (χ0) is 13.7. The van der Waals surface area contributed by atoms with Crippen LogP contribution in [0.1, 0.15) is 12.5 Å². The molecule has 11 N–H and O–H groups in total. The number of nitrogens with two attached hydrogens (primary N) is 1. The van der Waals surface area contributed by atoms with Crippen LogP contribution in [0.25, 0.3) is 0 Å². The lowest BCUT2D eigenvalue weighted by Crippen LogP contribution is -2.48. The Labute approximate surface area is 121 Å². The number of carboxylic acid groups (broad SMARTS) is 1. The van der Waals surface area contributed by atoms with Crippen molar-refractivity contribution in [3.05, 3.63) is 29.8 Å². The minimum Gasteiger partial charge on any atom is -0.508 e. The number of carbonyl (C=O) groups is 2. The Morgan fingerprint density at radius 3 is 2.05 bits per heavy atom. The number of aliphatic carboxylic acids is 1. The molecule has 1 rings (SSSR count). The number of carboxylic acids is 1. The van der Waals surface area contributed by atoms with Gasteiger partial charge in [-0.1, -0.05) is 12.1 Å². The Morgan fingerprint density at radius 2 is 1.67 bits per heavy atom. The Balaban J connectivity index is -0.00000108. The summed E-state index contributed by atoms with van der Waals surface area (Å²) in [5.74, 6) is -1.54. The van der Waals surface area contributed by atoms with Crippen molar-refractivity contribution >= 4 is 11.9 Å². The second kappa shape index (κ2) is 10.6. The third-order valence-corrected chi connectivity index (χ3v) is 2.40. The summed E-state index contributed by atoms with van der Waals surface area (Å²) in [6.45, 7) is 1.48. The quantitative estimate of drug-likeness (QED) is 0.459. The fourth-order valence-corrected chi connectivity index (χ4v) is 1.37. The van der Waals surface area contributed by atoms with Crippen molar-refractivity contribution in [1.82, 2.24) is 5.32 Å². The number of aromatic hydroxyl groups is 1. The Bertz CT molecular complexity index is 434. The molecule has 0 bridgehead atoms. The molecule has 0 aliphatic rings. The normalized spacial score (nSPS) is 11.7. The standard InChI is InChI=1S/C12H16N2O4.3H2O/c1-7(13)11(16)14-10(12(17)18)6-8-2-4-9(15)5-3-8;;;/h2-5,7,10,15H,6,13H2,1H3,(H,14,16)(H,17,18);3*1H2. The van der Waals surface area contributed by atoms with Crippen LogP contribution in [-0.2, 0) is 16.0 Å². The van der Waals surface area contributed by atoms with E-state index in [4.69, 9.17) is 15.9 Å². The molecule has 122 valence electrons. The second-order valence-corrected chi connectivity index (χ2v) is 4.06. The number of carbonyl (C=O) groups excluding carboxylic acids is 1. The summed E-state index contributed by atoms with van der Waals surface area (Å²) in [5, 5.41) is 20.5. The zero-order valence-corrected chi connectivity index (χ0v) is 11.5. The monoisotopic (exact) mass is 306 g/mol. The van der Waals surface area contributed by atoms with Gasteiger partial charge in [0, 0.05) is 6.42 Å². The van der Waals surface area contributed by atoms with Gasteiger partial charge in [0.2, 0.25) is 5.91 Å². The van der Waals surface area contributed by atoms with Gasteiger partial charge in [-0.15, -0.1) is 0 Å². The molecule has 0 aliphatic carbocycles. The molecular weight excluding hydrogens is 284 g/mol. The molecule has 1 amide bonds. The number of amides is 1. The first-order chi connectivity index (χ1) is 8.40. The summed E-state index contributed by atoms with van der Waals surface area (Å²) in [6.07, 6.45) is 0.133. The number of benzene rings is 1. The number of phenols is 1. The van der Waals surface area contributed by atoms with E-state index in [0.717, 1.165) is 0 Å². The molecular formula is C12H22N2O7. The van der Waals surface area contributed by atoms with Crippen LogP contribution in [0, 0.1) is 0 Å². The van der Waals surface area contributed by atoms with Gasteiger partial charge in [-0.25, -0.2) is 4.79 Å². The van der Waals surface area contributed by atoms with E-state index in [9.17, 15) is 9.59 Å². The average Bonchev–Trinajstić information content (AvgIpc) is 2.30. The molecule has 9 heteroatoms. The third kappa shape index (κ3) is 7.84. The number of hydrogen-bond donors (Lipinski definition) is 4. The summed E-state index contributed by atoms with van der Waals surface area (Å²) >= 11 is 0. The van der Waals surface area contributed by atoms with Crippen molar-refractivity contribution in [2.45, 2.75) is 25.4 Å². The van der Waals surface area contributed by atoms with Gasteiger partial charge in [-0.3, -0.25) is 4.79 Å². The first kappa shape index (κ1) is 23.9. The Morgan fingerprint density at radius 1 is 1.19 bits per heavy atom. The largest absolute Gasteiger partial charge is 0.508 e. The highest BCUT2D eigenvalue weighted by molar-refractivity contribution is 5.86. The van der Waals surface area contributed by atoms with Crippen LogP contribution in [0.4, 0.5) is 0 Å². The Hall–Kier alpha value is -2.20. The summed E-state index contributed by atoms with van der Waals surface area (Å²) in [6, 6.07) is 4.33. The van der Waals surface area contributed by atoms with Gasteiger partial charge in [0.25, 0.3) is 0 Å². The fraction of sp³-hybridized carbons (Fsp3) is 0.333. The van der Waals surface area contributed by atoms with E-state index in [-0.39, 0.29) is 28.6 Å². The highest BCUT2D eigenvalue weighted by atomic mass is 16.4. The molecule has 1 aromatic rings. The summed E-state index contributed by atoms with van der Waals surface area (Å²) in [4.78, 5) is 22.4. The van der Waals surface area contributed by atoms with Gasteiger partial charge in [-0.05, 0) is 24.6 Å². The minimum absolute atomic E-state index is 0. The first-order valence-electron chi connectivity index (χ1n) is 5.47. The lowest BCUT2D eigenvalue weighted by Gasteiger charge is -2.16. The van der Waals surface area contributed by atoms with Crippen LogP contribution in [-0.4, -0.2) is 50.6 Å². The SMILES string of the molecule is CC(N)C(=O)NC(Cc1ccc(O)cc1)C(=O)O.O.O.O. The Kier molecular flexibility index (Phi) is 12.0. The van der Waals surface area contributed by atoms with Crippen LogP contribution in [0.5, 0.6) is 5.75 Å². The smallest absolute Gasteiger partial charge is 0.326 e. The van der Waals surface area contributed by atoms with E-state index in [2.05, 4.69) is 5.32 Å². The number of rotatable bonds is 5. The molecule has 0 fully saturated rings. The van der Waals surface area contributed by atoms with Crippen LogP contribution in [0.15, 0.2) is 24.3 Å². The van der Waals surface area contributed by atoms with E-state index in [1.165, 1.54) is 19.1 Å². The number of nitrogens with one attached hydrogen (secondary N) is 1. The average molecular weight is 306 g/mol. The van der Waals surface area contributed by atoms with Gasteiger partial charge >= 0.3 is 5.97 Å². The highest BCUT2D eigenvalue weighted by Crippen LogP contribution is 2.11. The van der Waals surface area contributed by atoms with Crippen molar-refractivity contribution in [3.8, 4) is 5.75 Å². The maximum atomic E-state index is 11.4. The third-order valence-electron chi connectivity index (χ3n) is 2.40. The molecule has 21 heavy (non-hydrogen) atoms. The lowest BCUT2D eigenvalue weighted by atomic mass is 10.1. The summed E-state index contributed by atoms with van der Waals surface area (Å²) in [5.41, 5.74) is 6.06. The molecule has 0 saturated carbocycles. The van der Waals surface area contributed by atoms with Gasteiger partial charge < -0.3 is 37.7 Å². The van der Waals surface area contributed by atoms with Gasteiger partial charge in [-0.2, -0.15) is 0 Å². The van der Waals surface area contributed by atoms with E-state index < -0.39 is 24.0 Å². The van der Waals surface area contributed by atoms with Gasteiger partial charge in [0.05, 0.1) is 6.04 Å². The van der Waals surface area contributed by atoms with Crippen molar-refractivity contribution in [2.24, 2.45) is 5.73 Å². The number of phenolic OH excluding ortho intramolecular Hbond substituents is 1. The summed E-state index contributed by atoms with van der Waals surface area (Å²) < 4.78 is 0. The molecule has 0 spiro atoms. The maximum Gasteiger partial charge on any atom is 0.326 e. The van der Waals surface area contributed by atoms with Gasteiger partial charge in [0.1, 0.15) is 11.8 Å². The lowest BCUT2D eigenvalue weighted by molar-refractivity contribution is -0.141. The van der Waals surface area contributed by atoms with Crippen molar-refractivity contribution in [3.63, 3.8) is 0 Å². The van der Waals surface area contributed by atoms with Gasteiger partial charge in [0.15, 0.2) is 0 Å². The summed E-state index contributed by atoms with van der Waals surface area (Å²) in [7, 11) is 0. The van der Waals surface area contributed by atoms with E-state index in [0.29, 0.717) is 5.56 Å². The molecule has 1 aromatic carbocycles. The zero-order valence-electron chi connectivity index (χ0n) is 11.5. The topological polar surface area (TPSA) is 207 Å². The fourth-order valence-electron chi connectivity index (χ4n) is 1.37.